The SMILES string of the molecule is O=C([O-])c1nc(C2(CF)CC2)no1.[K+]. The zero-order valence-electron chi connectivity index (χ0n) is 7.62. The first-order valence-electron chi connectivity index (χ1n) is 3.79. The van der Waals surface area contributed by atoms with Gasteiger partial charge in [0.05, 0.1) is 5.41 Å². The summed E-state index contributed by atoms with van der Waals surface area (Å²) in [5.41, 5.74) is -0.683. The summed E-state index contributed by atoms with van der Waals surface area (Å²) in [5, 5.41) is 13.6. The van der Waals surface area contributed by atoms with Crippen LogP contribution in [0.2, 0.25) is 0 Å². The van der Waals surface area contributed by atoms with E-state index in [0.29, 0.717) is 12.8 Å². The third-order valence-electron chi connectivity index (χ3n) is 2.18. The second-order valence-corrected chi connectivity index (χ2v) is 3.12. The van der Waals surface area contributed by atoms with Gasteiger partial charge in [0, 0.05) is 0 Å². The average molecular weight is 224 g/mol. The van der Waals surface area contributed by atoms with Gasteiger partial charge in [-0.15, -0.1) is 0 Å². The van der Waals surface area contributed by atoms with Crippen LogP contribution in [0.5, 0.6) is 0 Å². The third-order valence-corrected chi connectivity index (χ3v) is 2.18. The number of hydrogen-bond donors (Lipinski definition) is 0. The fourth-order valence-corrected chi connectivity index (χ4v) is 1.09. The van der Waals surface area contributed by atoms with Crippen LogP contribution in [0.25, 0.3) is 0 Å². The molecule has 1 fully saturated rings. The van der Waals surface area contributed by atoms with Gasteiger partial charge in [0.25, 0.3) is 5.89 Å². The molecular weight excluding hydrogens is 218 g/mol. The summed E-state index contributed by atoms with van der Waals surface area (Å²) in [6, 6.07) is 0. The van der Waals surface area contributed by atoms with Crippen molar-refractivity contribution in [3.8, 4) is 0 Å². The Hall–Kier alpha value is 0.176. The Balaban J connectivity index is 0.000000980. The van der Waals surface area contributed by atoms with Crippen LogP contribution < -0.4 is 56.5 Å². The molecule has 0 unspecified atom stereocenters. The molecule has 7 heteroatoms. The number of aromatic nitrogens is 2. The van der Waals surface area contributed by atoms with Crippen LogP contribution in [0.4, 0.5) is 4.39 Å². The average Bonchev–Trinajstić information content (AvgIpc) is 2.75. The van der Waals surface area contributed by atoms with E-state index in [-0.39, 0.29) is 57.2 Å². The molecule has 0 N–H and O–H groups in total. The minimum atomic E-state index is -1.53. The summed E-state index contributed by atoms with van der Waals surface area (Å²) < 4.78 is 16.8. The second-order valence-electron chi connectivity index (χ2n) is 3.12. The minimum Gasteiger partial charge on any atom is -0.540 e. The van der Waals surface area contributed by atoms with E-state index in [0.717, 1.165) is 0 Å². The van der Waals surface area contributed by atoms with E-state index >= 15 is 0 Å². The first-order chi connectivity index (χ1) is 6.18. The van der Waals surface area contributed by atoms with Gasteiger partial charge >= 0.3 is 51.4 Å². The normalized spacial score (nSPS) is 17.2. The number of hydrogen-bond acceptors (Lipinski definition) is 5. The van der Waals surface area contributed by atoms with Gasteiger partial charge in [0.15, 0.2) is 5.82 Å². The van der Waals surface area contributed by atoms with Crippen molar-refractivity contribution in [1.29, 1.82) is 0 Å². The minimum absolute atomic E-state index is 0. The van der Waals surface area contributed by atoms with Crippen molar-refractivity contribution in [3.63, 3.8) is 0 Å². The predicted octanol–water partition coefficient (Wildman–Crippen LogP) is -3.56. The number of rotatable bonds is 3. The topological polar surface area (TPSA) is 79.0 Å². The standard InChI is InChI=1S/C7H7FN2O3.K/c8-3-7(1-2-7)6-9-4(5(11)12)13-10-6;/h1-3H2,(H,11,12);/q;+1/p-1. The summed E-state index contributed by atoms with van der Waals surface area (Å²) in [4.78, 5) is 13.8. The van der Waals surface area contributed by atoms with E-state index in [1.807, 2.05) is 0 Å². The van der Waals surface area contributed by atoms with Crippen LogP contribution in [0.15, 0.2) is 4.52 Å². The quantitative estimate of drug-likeness (QED) is 0.496. The Morgan fingerprint density at radius 1 is 1.64 bits per heavy atom. The molecule has 0 atom stereocenters. The largest absolute Gasteiger partial charge is 1.00 e. The Morgan fingerprint density at radius 2 is 2.29 bits per heavy atom. The molecule has 0 radical (unpaired) electrons. The van der Waals surface area contributed by atoms with Crippen molar-refractivity contribution < 1.29 is 70.2 Å². The number of alkyl halides is 1. The van der Waals surface area contributed by atoms with Gasteiger partial charge in [0.2, 0.25) is 0 Å². The smallest absolute Gasteiger partial charge is 0.540 e. The molecule has 5 nitrogen and oxygen atoms in total. The fourth-order valence-electron chi connectivity index (χ4n) is 1.09. The number of carboxylic acids is 1. The predicted molar refractivity (Wildman–Crippen MR) is 35.5 cm³/mol. The molecule has 1 aliphatic carbocycles. The van der Waals surface area contributed by atoms with E-state index in [1.54, 1.807) is 0 Å². The van der Waals surface area contributed by atoms with Crippen molar-refractivity contribution >= 4 is 5.97 Å². The molecule has 0 spiro atoms. The molecule has 2 rings (SSSR count). The van der Waals surface area contributed by atoms with Crippen molar-refractivity contribution in [1.82, 2.24) is 10.1 Å². The van der Waals surface area contributed by atoms with Gasteiger partial charge < -0.3 is 14.4 Å². The Kier molecular flexibility index (Phi) is 3.81. The van der Waals surface area contributed by atoms with Gasteiger partial charge in [0.1, 0.15) is 12.6 Å². The summed E-state index contributed by atoms with van der Waals surface area (Å²) in [6.07, 6.45) is 1.27. The van der Waals surface area contributed by atoms with Crippen molar-refractivity contribution in [2.24, 2.45) is 0 Å². The van der Waals surface area contributed by atoms with Crippen LogP contribution in [-0.4, -0.2) is 22.8 Å². The zero-order valence-corrected chi connectivity index (χ0v) is 10.7. The van der Waals surface area contributed by atoms with Gasteiger partial charge in [-0.25, -0.2) is 4.39 Å². The molecule has 1 saturated carbocycles. The molecule has 1 aromatic heterocycles. The van der Waals surface area contributed by atoms with Crippen molar-refractivity contribution in [2.45, 2.75) is 18.3 Å². The van der Waals surface area contributed by atoms with E-state index in [4.69, 9.17) is 0 Å². The molecule has 0 amide bonds. The number of nitrogens with zero attached hydrogens (tertiary/aromatic N) is 2. The summed E-state index contributed by atoms with van der Waals surface area (Å²) in [6.45, 7) is -0.584. The molecule has 1 aliphatic rings. The summed E-state index contributed by atoms with van der Waals surface area (Å²) in [5.74, 6) is -1.99. The van der Waals surface area contributed by atoms with Crippen LogP contribution in [0.3, 0.4) is 0 Å². The van der Waals surface area contributed by atoms with Crippen LogP contribution in [0, 0.1) is 0 Å². The van der Waals surface area contributed by atoms with Crippen LogP contribution in [0.1, 0.15) is 29.4 Å². The van der Waals surface area contributed by atoms with Gasteiger partial charge in [-0.1, -0.05) is 5.16 Å². The maximum absolute atomic E-state index is 12.4. The maximum atomic E-state index is 12.4. The van der Waals surface area contributed by atoms with Gasteiger partial charge in [-0.2, -0.15) is 4.98 Å². The molecule has 0 aliphatic heterocycles. The van der Waals surface area contributed by atoms with E-state index < -0.39 is 23.9 Å². The fraction of sp³-hybridized carbons (Fsp3) is 0.571. The van der Waals surface area contributed by atoms with E-state index in [9.17, 15) is 14.3 Å². The molecule has 70 valence electrons. The third kappa shape index (κ3) is 2.06. The van der Waals surface area contributed by atoms with Crippen LogP contribution >= 0.6 is 0 Å². The first-order valence-corrected chi connectivity index (χ1v) is 3.79. The molecule has 1 heterocycles. The number of carboxylic acid groups (broad SMARTS) is 1. The first kappa shape index (κ1) is 12.2. The van der Waals surface area contributed by atoms with Crippen molar-refractivity contribution in [3.05, 3.63) is 11.7 Å². The number of aromatic carboxylic acids is 1. The molecular formula is C7H6FKN2O3. The Labute approximate surface area is 121 Å². The molecule has 0 aromatic carbocycles. The monoisotopic (exact) mass is 224 g/mol. The number of halogens is 1. The Morgan fingerprint density at radius 3 is 2.64 bits per heavy atom. The van der Waals surface area contributed by atoms with Crippen molar-refractivity contribution in [2.75, 3.05) is 6.67 Å². The van der Waals surface area contributed by atoms with E-state index in [1.165, 1.54) is 0 Å². The summed E-state index contributed by atoms with van der Waals surface area (Å²) in [7, 11) is 0. The number of carbonyl (C=O) groups is 1. The Bertz CT molecular complexity index is 350. The maximum Gasteiger partial charge on any atom is 1.00 e. The van der Waals surface area contributed by atoms with Crippen LogP contribution in [-0.2, 0) is 5.41 Å². The molecule has 14 heavy (non-hydrogen) atoms. The molecule has 0 saturated heterocycles. The van der Waals surface area contributed by atoms with Gasteiger partial charge in [-0.3, -0.25) is 0 Å². The number of carbonyl (C=O) groups excluding carboxylic acids is 1. The zero-order chi connectivity index (χ0) is 9.47. The van der Waals surface area contributed by atoms with E-state index in [2.05, 4.69) is 14.7 Å². The molecule has 0 bridgehead atoms. The summed E-state index contributed by atoms with van der Waals surface area (Å²) >= 11 is 0. The molecule has 1 aromatic rings. The second kappa shape index (κ2) is 4.36. The van der Waals surface area contributed by atoms with Gasteiger partial charge in [-0.05, 0) is 12.8 Å².